The lowest BCUT2D eigenvalue weighted by molar-refractivity contribution is -0.122. The Balaban J connectivity index is 1.49. The number of hydrogen-bond acceptors (Lipinski definition) is 4. The van der Waals surface area contributed by atoms with E-state index in [4.69, 9.17) is 0 Å². The lowest BCUT2D eigenvalue weighted by atomic mass is 9.96. The zero-order valence-electron chi connectivity index (χ0n) is 17.9. The maximum Gasteiger partial charge on any atom is 0.259 e. The van der Waals surface area contributed by atoms with E-state index in [-0.39, 0.29) is 11.8 Å². The summed E-state index contributed by atoms with van der Waals surface area (Å²) in [7, 11) is 2.18. The number of benzene rings is 1. The van der Waals surface area contributed by atoms with Crippen LogP contribution in [0.25, 0.3) is 32.3 Å². The van der Waals surface area contributed by atoms with Crippen LogP contribution in [0.5, 0.6) is 0 Å². The number of rotatable bonds is 4. The smallest absolute Gasteiger partial charge is 0.259 e. The van der Waals surface area contributed by atoms with Gasteiger partial charge in [-0.15, -0.1) is 11.3 Å². The molecule has 2 aliphatic heterocycles. The molecular weight excluding hydrogens is 420 g/mol. The Kier molecular flexibility index (Phi) is 4.55. The molecule has 1 aromatic carbocycles. The molecule has 2 amide bonds. The summed E-state index contributed by atoms with van der Waals surface area (Å²) in [4.78, 5) is 32.7. The molecule has 7 heteroatoms. The van der Waals surface area contributed by atoms with Crippen LogP contribution in [0.3, 0.4) is 0 Å². The Morgan fingerprint density at radius 2 is 1.75 bits per heavy atom. The van der Waals surface area contributed by atoms with E-state index in [0.29, 0.717) is 17.1 Å². The molecule has 0 bridgehead atoms. The van der Waals surface area contributed by atoms with Crippen molar-refractivity contribution >= 4 is 55.4 Å². The summed E-state index contributed by atoms with van der Waals surface area (Å²) in [6, 6.07) is 9.92. The second-order valence-electron chi connectivity index (χ2n) is 8.86. The molecule has 0 spiro atoms. The summed E-state index contributed by atoms with van der Waals surface area (Å²) < 4.78 is 2.29. The second-order valence-corrected chi connectivity index (χ2v) is 9.76. The maximum absolute atomic E-state index is 13.0. The number of H-pyrrole nitrogens is 1. The predicted molar refractivity (Wildman–Crippen MR) is 128 cm³/mol. The first-order valence-corrected chi connectivity index (χ1v) is 11.9. The molecule has 5 heterocycles. The van der Waals surface area contributed by atoms with Gasteiger partial charge in [0.1, 0.15) is 4.83 Å². The van der Waals surface area contributed by atoms with Gasteiger partial charge >= 0.3 is 0 Å². The number of carbonyl (C=O) groups excluding carboxylic acids is 2. The van der Waals surface area contributed by atoms with Crippen molar-refractivity contribution in [1.82, 2.24) is 19.8 Å². The fourth-order valence-corrected chi connectivity index (χ4v) is 6.02. The van der Waals surface area contributed by atoms with Crippen molar-refractivity contribution in [3.63, 3.8) is 0 Å². The van der Waals surface area contributed by atoms with Crippen LogP contribution in [0.1, 0.15) is 24.0 Å². The lowest BCUT2D eigenvalue weighted by Crippen LogP contribution is -2.31. The Morgan fingerprint density at radius 1 is 1.00 bits per heavy atom. The normalized spacial score (nSPS) is 18.4. The molecular formula is C25H24N4O2S. The van der Waals surface area contributed by atoms with Gasteiger partial charge in [0, 0.05) is 46.4 Å². The summed E-state index contributed by atoms with van der Waals surface area (Å²) in [5.74, 6) is -0.0288. The zero-order chi connectivity index (χ0) is 21.8. The molecule has 0 unspecified atom stereocenters. The number of nitrogens with zero attached hydrogens (tertiary/aromatic N) is 2. The number of hydrogen-bond donors (Lipinski definition) is 2. The van der Waals surface area contributed by atoms with Gasteiger partial charge in [0.05, 0.1) is 11.1 Å². The first kappa shape index (κ1) is 19.5. The van der Waals surface area contributed by atoms with Crippen LogP contribution in [-0.4, -0.2) is 46.4 Å². The van der Waals surface area contributed by atoms with Gasteiger partial charge in [-0.2, -0.15) is 0 Å². The Morgan fingerprint density at radius 3 is 2.56 bits per heavy atom. The number of nitrogens with one attached hydrogen (secondary N) is 2. The van der Waals surface area contributed by atoms with Gasteiger partial charge in [-0.25, -0.2) is 0 Å². The third-order valence-corrected chi connectivity index (χ3v) is 7.78. The molecule has 1 fully saturated rings. The molecule has 4 aromatic rings. The number of fused-ring (bicyclic) bond motifs is 2. The van der Waals surface area contributed by atoms with Crippen LogP contribution >= 0.6 is 11.3 Å². The number of para-hydroxylation sites is 1. The van der Waals surface area contributed by atoms with Crippen molar-refractivity contribution in [2.75, 3.05) is 20.1 Å². The van der Waals surface area contributed by atoms with Crippen molar-refractivity contribution < 1.29 is 9.59 Å². The molecule has 0 radical (unpaired) electrons. The number of aromatic nitrogens is 2. The molecule has 162 valence electrons. The number of carbonyl (C=O) groups is 2. The minimum absolute atomic E-state index is 0.320. The van der Waals surface area contributed by atoms with Crippen molar-refractivity contribution in [3.8, 4) is 0 Å². The molecule has 0 saturated carbocycles. The molecule has 3 aromatic heterocycles. The van der Waals surface area contributed by atoms with Crippen molar-refractivity contribution in [1.29, 1.82) is 0 Å². The van der Waals surface area contributed by atoms with Gasteiger partial charge in [0.25, 0.3) is 11.8 Å². The van der Waals surface area contributed by atoms with Crippen LogP contribution in [-0.2, 0) is 16.1 Å². The molecule has 0 aliphatic carbocycles. The van der Waals surface area contributed by atoms with E-state index < -0.39 is 0 Å². The lowest BCUT2D eigenvalue weighted by Gasteiger charge is -2.29. The number of piperidine rings is 1. The van der Waals surface area contributed by atoms with Gasteiger partial charge < -0.3 is 14.5 Å². The van der Waals surface area contributed by atoms with Crippen molar-refractivity contribution in [3.05, 3.63) is 59.2 Å². The minimum Gasteiger partial charge on any atom is -0.361 e. The quantitative estimate of drug-likeness (QED) is 0.466. The zero-order valence-corrected chi connectivity index (χ0v) is 18.7. The van der Waals surface area contributed by atoms with Crippen LogP contribution in [0.2, 0.25) is 0 Å². The van der Waals surface area contributed by atoms with Gasteiger partial charge in [0.15, 0.2) is 0 Å². The molecule has 1 saturated heterocycles. The monoisotopic (exact) mass is 444 g/mol. The number of amides is 2. The predicted octanol–water partition coefficient (Wildman–Crippen LogP) is 4.09. The van der Waals surface area contributed by atoms with E-state index in [1.165, 1.54) is 12.8 Å². The summed E-state index contributed by atoms with van der Waals surface area (Å²) in [5.41, 5.74) is 3.49. The fraction of sp³-hybridized carbons (Fsp3) is 0.280. The molecule has 2 aliphatic rings. The second kappa shape index (κ2) is 7.46. The number of likely N-dealkylation sites (tertiary alicyclic amines) is 1. The Hall–Kier alpha value is -3.16. The van der Waals surface area contributed by atoms with Gasteiger partial charge in [-0.1, -0.05) is 18.2 Å². The van der Waals surface area contributed by atoms with Gasteiger partial charge in [-0.3, -0.25) is 14.9 Å². The Labute approximate surface area is 189 Å². The number of aromatic amines is 1. The summed E-state index contributed by atoms with van der Waals surface area (Å²) in [6.07, 6.45) is 6.28. The fourth-order valence-electron chi connectivity index (χ4n) is 5.12. The van der Waals surface area contributed by atoms with E-state index in [0.717, 1.165) is 51.9 Å². The first-order chi connectivity index (χ1) is 15.6. The van der Waals surface area contributed by atoms with Crippen LogP contribution in [0, 0.1) is 5.92 Å². The summed E-state index contributed by atoms with van der Waals surface area (Å²) in [6.45, 7) is 3.19. The van der Waals surface area contributed by atoms with E-state index >= 15 is 0 Å². The highest BCUT2D eigenvalue weighted by atomic mass is 32.1. The average molecular weight is 445 g/mol. The highest BCUT2D eigenvalue weighted by Crippen LogP contribution is 2.40. The average Bonchev–Trinajstić information content (AvgIpc) is 3.54. The molecule has 2 N–H and O–H groups in total. The van der Waals surface area contributed by atoms with Crippen LogP contribution in [0.4, 0.5) is 0 Å². The number of thiophene rings is 1. The van der Waals surface area contributed by atoms with Gasteiger partial charge in [-0.05, 0) is 56.4 Å². The first-order valence-electron chi connectivity index (χ1n) is 11.0. The van der Waals surface area contributed by atoms with Crippen LogP contribution in [0.15, 0.2) is 48.1 Å². The van der Waals surface area contributed by atoms with Gasteiger partial charge in [0.2, 0.25) is 0 Å². The number of imide groups is 1. The molecule has 32 heavy (non-hydrogen) atoms. The molecule has 6 nitrogen and oxygen atoms in total. The highest BCUT2D eigenvalue weighted by molar-refractivity contribution is 7.16. The topological polar surface area (TPSA) is 70.1 Å². The molecule has 6 rings (SSSR count). The SMILES string of the molecule is CN1CCC(Cn2cc(C3=C(c4c[nH]c5ccccc45)C(=O)NC3=O)c3ccsc32)CC1. The largest absolute Gasteiger partial charge is 0.361 e. The molecule has 0 atom stereocenters. The van der Waals surface area contributed by atoms with E-state index in [9.17, 15) is 9.59 Å². The highest BCUT2D eigenvalue weighted by Gasteiger charge is 2.35. The van der Waals surface area contributed by atoms with E-state index in [2.05, 4.69) is 44.5 Å². The standard InChI is InChI=1S/C25H24N4O2S/c1-28-9-6-15(7-10-28)13-29-14-19(17-8-11-32-25(17)29)22-21(23(30)27-24(22)31)18-12-26-20-5-3-2-4-16(18)20/h2-5,8,11-12,14-15,26H,6-7,9-10,13H2,1H3,(H,27,30,31). The summed E-state index contributed by atoms with van der Waals surface area (Å²) in [5, 5.41) is 6.60. The minimum atomic E-state index is -0.332. The third kappa shape index (κ3) is 3.04. The van der Waals surface area contributed by atoms with Crippen LogP contribution < -0.4 is 5.32 Å². The third-order valence-electron chi connectivity index (χ3n) is 6.83. The van der Waals surface area contributed by atoms with Crippen molar-refractivity contribution in [2.24, 2.45) is 5.92 Å². The van der Waals surface area contributed by atoms with Crippen molar-refractivity contribution in [2.45, 2.75) is 19.4 Å². The van der Waals surface area contributed by atoms with E-state index in [1.54, 1.807) is 11.3 Å². The van der Waals surface area contributed by atoms with E-state index in [1.807, 2.05) is 30.5 Å². The maximum atomic E-state index is 13.0. The Bertz CT molecular complexity index is 1400. The summed E-state index contributed by atoms with van der Waals surface area (Å²) >= 11 is 1.69.